The van der Waals surface area contributed by atoms with E-state index in [1.807, 2.05) is 18.2 Å². The van der Waals surface area contributed by atoms with Crippen molar-refractivity contribution in [3.63, 3.8) is 0 Å². The molecule has 1 heterocycles. The third kappa shape index (κ3) is 4.59. The molecule has 6 heteroatoms. The molecule has 1 aromatic heterocycles. The van der Waals surface area contributed by atoms with Crippen molar-refractivity contribution < 1.29 is 8.42 Å². The predicted octanol–water partition coefficient (Wildman–Crippen LogP) is 2.07. The number of benzene rings is 1. The number of sulfonamides is 1. The first-order chi connectivity index (χ1) is 9.03. The fourth-order valence-electron chi connectivity index (χ4n) is 1.61. The zero-order valence-electron chi connectivity index (χ0n) is 10.5. The van der Waals surface area contributed by atoms with Gasteiger partial charge in [0.1, 0.15) is 0 Å². The minimum atomic E-state index is -3.25. The third-order valence-corrected chi connectivity index (χ3v) is 3.02. The standard InChI is InChI=1S/C13H15N3O2S/c1-19(17,18)16-13-4-2-3-12(9-13)15-10-11-5-7-14-8-6-11/h2-9,15-16H,10H2,1H3. The monoisotopic (exact) mass is 277 g/mol. The molecule has 2 N–H and O–H groups in total. The van der Waals surface area contributed by atoms with Gasteiger partial charge in [-0.25, -0.2) is 8.42 Å². The van der Waals surface area contributed by atoms with Gasteiger partial charge in [-0.15, -0.1) is 0 Å². The van der Waals surface area contributed by atoms with E-state index in [9.17, 15) is 8.42 Å². The van der Waals surface area contributed by atoms with Crippen LogP contribution in [0.1, 0.15) is 5.56 Å². The Morgan fingerprint density at radius 2 is 1.79 bits per heavy atom. The van der Waals surface area contributed by atoms with Crippen molar-refractivity contribution in [3.05, 3.63) is 54.4 Å². The third-order valence-electron chi connectivity index (χ3n) is 2.41. The van der Waals surface area contributed by atoms with Gasteiger partial charge in [0.05, 0.1) is 11.9 Å². The van der Waals surface area contributed by atoms with Gasteiger partial charge in [0.2, 0.25) is 10.0 Å². The van der Waals surface area contributed by atoms with E-state index < -0.39 is 10.0 Å². The Morgan fingerprint density at radius 1 is 1.11 bits per heavy atom. The average molecular weight is 277 g/mol. The van der Waals surface area contributed by atoms with Crippen LogP contribution in [0.2, 0.25) is 0 Å². The molecule has 100 valence electrons. The molecule has 0 spiro atoms. The maximum atomic E-state index is 11.2. The zero-order valence-corrected chi connectivity index (χ0v) is 11.3. The topological polar surface area (TPSA) is 71.1 Å². The smallest absolute Gasteiger partial charge is 0.229 e. The number of pyridine rings is 1. The highest BCUT2D eigenvalue weighted by molar-refractivity contribution is 7.92. The summed E-state index contributed by atoms with van der Waals surface area (Å²) in [5.41, 5.74) is 2.50. The van der Waals surface area contributed by atoms with Crippen LogP contribution in [0.3, 0.4) is 0 Å². The van der Waals surface area contributed by atoms with Gasteiger partial charge in [-0.05, 0) is 35.9 Å². The first-order valence-corrected chi connectivity index (χ1v) is 7.63. The van der Waals surface area contributed by atoms with Crippen LogP contribution < -0.4 is 10.0 Å². The highest BCUT2D eigenvalue weighted by atomic mass is 32.2. The lowest BCUT2D eigenvalue weighted by atomic mass is 10.2. The van der Waals surface area contributed by atoms with Gasteiger partial charge in [-0.1, -0.05) is 6.07 Å². The molecule has 1 aromatic carbocycles. The Balaban J connectivity index is 2.03. The number of hydrogen-bond donors (Lipinski definition) is 2. The normalized spacial score (nSPS) is 11.0. The second-order valence-corrected chi connectivity index (χ2v) is 5.91. The number of rotatable bonds is 5. The Kier molecular flexibility index (Phi) is 4.01. The van der Waals surface area contributed by atoms with Gasteiger partial charge in [0.25, 0.3) is 0 Å². The number of aromatic nitrogens is 1. The molecule has 0 atom stereocenters. The van der Waals surface area contributed by atoms with Crippen molar-refractivity contribution in [2.45, 2.75) is 6.54 Å². The zero-order chi connectivity index (χ0) is 13.7. The van der Waals surface area contributed by atoms with Crippen LogP contribution in [0.4, 0.5) is 11.4 Å². The molecular formula is C13H15N3O2S. The van der Waals surface area contributed by atoms with Crippen molar-refractivity contribution in [2.24, 2.45) is 0 Å². The molecule has 0 unspecified atom stereocenters. The summed E-state index contributed by atoms with van der Waals surface area (Å²) in [6, 6.07) is 11.0. The summed E-state index contributed by atoms with van der Waals surface area (Å²) < 4.78 is 24.7. The minimum Gasteiger partial charge on any atom is -0.381 e. The maximum absolute atomic E-state index is 11.2. The SMILES string of the molecule is CS(=O)(=O)Nc1cccc(NCc2ccncc2)c1. The molecule has 0 fully saturated rings. The molecule has 0 aliphatic carbocycles. The summed E-state index contributed by atoms with van der Waals surface area (Å²) in [4.78, 5) is 3.95. The first kappa shape index (κ1) is 13.4. The van der Waals surface area contributed by atoms with E-state index in [-0.39, 0.29) is 0 Å². The van der Waals surface area contributed by atoms with E-state index in [0.717, 1.165) is 17.5 Å². The summed E-state index contributed by atoms with van der Waals surface area (Å²) in [5.74, 6) is 0. The largest absolute Gasteiger partial charge is 0.381 e. The second kappa shape index (κ2) is 5.71. The molecule has 0 radical (unpaired) electrons. The summed E-state index contributed by atoms with van der Waals surface area (Å²) in [5, 5.41) is 3.22. The van der Waals surface area contributed by atoms with Crippen molar-refractivity contribution in [3.8, 4) is 0 Å². The number of anilines is 2. The summed E-state index contributed by atoms with van der Waals surface area (Å²) in [6.45, 7) is 0.658. The Morgan fingerprint density at radius 3 is 2.47 bits per heavy atom. The van der Waals surface area contributed by atoms with E-state index in [0.29, 0.717) is 12.2 Å². The van der Waals surface area contributed by atoms with E-state index in [1.165, 1.54) is 0 Å². The van der Waals surface area contributed by atoms with Gasteiger partial charge in [-0.3, -0.25) is 9.71 Å². The highest BCUT2D eigenvalue weighted by Crippen LogP contribution is 2.16. The van der Waals surface area contributed by atoms with Gasteiger partial charge in [0, 0.05) is 24.6 Å². The summed E-state index contributed by atoms with van der Waals surface area (Å²) >= 11 is 0. The van der Waals surface area contributed by atoms with Crippen molar-refractivity contribution >= 4 is 21.4 Å². The van der Waals surface area contributed by atoms with Crippen LogP contribution in [-0.2, 0) is 16.6 Å². The predicted molar refractivity (Wildman–Crippen MR) is 76.5 cm³/mol. The van der Waals surface area contributed by atoms with Crippen LogP contribution in [0.15, 0.2) is 48.8 Å². The van der Waals surface area contributed by atoms with Crippen molar-refractivity contribution in [1.29, 1.82) is 0 Å². The van der Waals surface area contributed by atoms with Crippen LogP contribution in [-0.4, -0.2) is 19.7 Å². The van der Waals surface area contributed by atoms with E-state index in [1.54, 1.807) is 30.6 Å². The molecule has 0 bridgehead atoms. The van der Waals surface area contributed by atoms with Crippen LogP contribution in [0.5, 0.6) is 0 Å². The molecule has 0 aliphatic heterocycles. The van der Waals surface area contributed by atoms with Gasteiger partial charge in [0.15, 0.2) is 0 Å². The first-order valence-electron chi connectivity index (χ1n) is 5.73. The average Bonchev–Trinajstić information content (AvgIpc) is 2.36. The van der Waals surface area contributed by atoms with Crippen LogP contribution in [0.25, 0.3) is 0 Å². The number of hydrogen-bond acceptors (Lipinski definition) is 4. The van der Waals surface area contributed by atoms with Gasteiger partial charge >= 0.3 is 0 Å². The highest BCUT2D eigenvalue weighted by Gasteiger charge is 2.02. The molecule has 0 saturated heterocycles. The number of nitrogens with zero attached hydrogens (tertiary/aromatic N) is 1. The molecule has 0 aliphatic rings. The maximum Gasteiger partial charge on any atom is 0.229 e. The quantitative estimate of drug-likeness (QED) is 0.877. The molecule has 19 heavy (non-hydrogen) atoms. The molecule has 0 amide bonds. The molecule has 2 aromatic rings. The van der Waals surface area contributed by atoms with Crippen molar-refractivity contribution in [2.75, 3.05) is 16.3 Å². The lowest BCUT2D eigenvalue weighted by Crippen LogP contribution is -2.09. The lowest BCUT2D eigenvalue weighted by molar-refractivity contribution is 0.607. The molecule has 0 saturated carbocycles. The lowest BCUT2D eigenvalue weighted by Gasteiger charge is -2.09. The van der Waals surface area contributed by atoms with E-state index >= 15 is 0 Å². The Labute approximate surface area is 112 Å². The van der Waals surface area contributed by atoms with Gasteiger partial charge < -0.3 is 5.32 Å². The van der Waals surface area contributed by atoms with Gasteiger partial charge in [-0.2, -0.15) is 0 Å². The van der Waals surface area contributed by atoms with Crippen LogP contribution in [0, 0.1) is 0 Å². The molecule has 5 nitrogen and oxygen atoms in total. The fourth-order valence-corrected chi connectivity index (χ4v) is 2.17. The number of nitrogens with one attached hydrogen (secondary N) is 2. The fraction of sp³-hybridized carbons (Fsp3) is 0.154. The van der Waals surface area contributed by atoms with Crippen molar-refractivity contribution in [1.82, 2.24) is 4.98 Å². The second-order valence-electron chi connectivity index (χ2n) is 4.16. The molecular weight excluding hydrogens is 262 g/mol. The van der Waals surface area contributed by atoms with Crippen LogP contribution >= 0.6 is 0 Å². The summed E-state index contributed by atoms with van der Waals surface area (Å²) in [7, 11) is -3.25. The molecule has 2 rings (SSSR count). The summed E-state index contributed by atoms with van der Waals surface area (Å²) in [6.07, 6.45) is 4.60. The Bertz CT molecular complexity index is 642. The minimum absolute atomic E-state index is 0.544. The van der Waals surface area contributed by atoms with E-state index in [2.05, 4.69) is 15.0 Å². The van der Waals surface area contributed by atoms with E-state index in [4.69, 9.17) is 0 Å². The Hall–Kier alpha value is -2.08.